The highest BCUT2D eigenvalue weighted by atomic mass is 35.5. The van der Waals surface area contributed by atoms with Crippen LogP contribution in [0, 0.1) is 0 Å². The Hall–Kier alpha value is -1.52. The van der Waals surface area contributed by atoms with E-state index in [2.05, 4.69) is 4.98 Å². The summed E-state index contributed by atoms with van der Waals surface area (Å²) in [5.41, 5.74) is -0.408. The van der Waals surface area contributed by atoms with Gasteiger partial charge in [-0.05, 0) is 13.0 Å². The van der Waals surface area contributed by atoms with Gasteiger partial charge in [-0.2, -0.15) is 0 Å². The maximum atomic E-state index is 11.8. The summed E-state index contributed by atoms with van der Waals surface area (Å²) in [5, 5.41) is 0.920. The average Bonchev–Trinajstić information content (AvgIpc) is 2.31. The number of carbonyl (C=O) groups is 1. The van der Waals surface area contributed by atoms with Crippen LogP contribution in [-0.4, -0.2) is 17.6 Å². The van der Waals surface area contributed by atoms with Gasteiger partial charge in [0.15, 0.2) is 0 Å². The van der Waals surface area contributed by atoms with Gasteiger partial charge in [0, 0.05) is 5.39 Å². The number of halogens is 2. The normalized spacial score (nSPS) is 10.6. The highest BCUT2D eigenvalue weighted by Gasteiger charge is 2.19. The molecule has 4 nitrogen and oxygen atoms in total. The van der Waals surface area contributed by atoms with Crippen molar-refractivity contribution >= 4 is 40.1 Å². The van der Waals surface area contributed by atoms with E-state index in [0.29, 0.717) is 15.9 Å². The average molecular weight is 286 g/mol. The van der Waals surface area contributed by atoms with Crippen LogP contribution in [0.4, 0.5) is 0 Å². The number of benzene rings is 1. The lowest BCUT2D eigenvalue weighted by Crippen LogP contribution is -2.20. The molecule has 0 saturated heterocycles. The molecule has 0 aliphatic heterocycles. The fraction of sp³-hybridized carbons (Fsp3) is 0.167. The molecule has 1 heterocycles. The highest BCUT2D eigenvalue weighted by Crippen LogP contribution is 2.28. The van der Waals surface area contributed by atoms with Gasteiger partial charge in [0.25, 0.3) is 5.56 Å². The zero-order chi connectivity index (χ0) is 13.3. The number of H-pyrrole nitrogens is 1. The minimum Gasteiger partial charge on any atom is -0.462 e. The number of nitrogens with one attached hydrogen (secondary N) is 1. The standard InChI is InChI=1S/C12H9Cl2NO3/c1-2-18-12(17)8-9(14)6-4-3-5-7(13)10(6)15-11(8)16/h3-5H,2H2,1H3,(H,15,16). The number of esters is 1. The predicted octanol–water partition coefficient (Wildman–Crippen LogP) is 3.01. The van der Waals surface area contributed by atoms with E-state index < -0.39 is 11.5 Å². The number of para-hydroxylation sites is 1. The Morgan fingerprint density at radius 2 is 2.11 bits per heavy atom. The minimum absolute atomic E-state index is 0.0506. The third-order valence-corrected chi connectivity index (χ3v) is 3.12. The summed E-state index contributed by atoms with van der Waals surface area (Å²) in [6.07, 6.45) is 0. The van der Waals surface area contributed by atoms with Crippen LogP contribution in [-0.2, 0) is 4.74 Å². The number of carbonyl (C=O) groups excluding carboxylic acids is 1. The van der Waals surface area contributed by atoms with E-state index in [1.807, 2.05) is 0 Å². The van der Waals surface area contributed by atoms with E-state index in [1.165, 1.54) is 0 Å². The van der Waals surface area contributed by atoms with Gasteiger partial charge in [-0.25, -0.2) is 4.79 Å². The molecule has 18 heavy (non-hydrogen) atoms. The highest BCUT2D eigenvalue weighted by molar-refractivity contribution is 6.40. The molecule has 94 valence electrons. The SMILES string of the molecule is CCOC(=O)c1c(Cl)c2cccc(Cl)c2[nH]c1=O. The second-order valence-electron chi connectivity index (χ2n) is 3.53. The fourth-order valence-electron chi connectivity index (χ4n) is 1.63. The lowest BCUT2D eigenvalue weighted by Gasteiger charge is -2.07. The molecule has 0 spiro atoms. The van der Waals surface area contributed by atoms with Gasteiger partial charge in [0.2, 0.25) is 0 Å². The third-order valence-electron chi connectivity index (χ3n) is 2.41. The van der Waals surface area contributed by atoms with Gasteiger partial charge in [0.1, 0.15) is 5.56 Å². The van der Waals surface area contributed by atoms with Crippen LogP contribution in [0.15, 0.2) is 23.0 Å². The molecule has 0 bridgehead atoms. The van der Waals surface area contributed by atoms with Gasteiger partial charge in [-0.15, -0.1) is 0 Å². The molecule has 6 heteroatoms. The van der Waals surface area contributed by atoms with Crippen molar-refractivity contribution in [2.45, 2.75) is 6.92 Å². The molecule has 0 radical (unpaired) electrons. The quantitative estimate of drug-likeness (QED) is 0.863. The summed E-state index contributed by atoms with van der Waals surface area (Å²) in [5.74, 6) is -0.745. The van der Waals surface area contributed by atoms with E-state index in [-0.39, 0.29) is 17.2 Å². The van der Waals surface area contributed by atoms with E-state index in [0.717, 1.165) is 0 Å². The van der Waals surface area contributed by atoms with Crippen molar-refractivity contribution in [2.75, 3.05) is 6.61 Å². The molecule has 0 aliphatic carbocycles. The zero-order valence-electron chi connectivity index (χ0n) is 9.42. The summed E-state index contributed by atoms with van der Waals surface area (Å²) >= 11 is 12.0. The second kappa shape index (κ2) is 5.00. The van der Waals surface area contributed by atoms with E-state index in [1.54, 1.807) is 25.1 Å². The summed E-state index contributed by atoms with van der Waals surface area (Å²) in [4.78, 5) is 26.0. The molecule has 1 aromatic heterocycles. The molecular formula is C12H9Cl2NO3. The fourth-order valence-corrected chi connectivity index (χ4v) is 2.17. The Bertz CT molecular complexity index is 679. The van der Waals surface area contributed by atoms with Gasteiger partial charge in [-0.1, -0.05) is 35.3 Å². The molecule has 0 amide bonds. The Balaban J connectivity index is 2.78. The molecule has 2 aromatic rings. The molecule has 2 rings (SSSR count). The topological polar surface area (TPSA) is 59.2 Å². The van der Waals surface area contributed by atoms with E-state index >= 15 is 0 Å². The molecule has 0 saturated carbocycles. The van der Waals surface area contributed by atoms with Crippen molar-refractivity contribution in [1.29, 1.82) is 0 Å². The molecule has 0 unspecified atom stereocenters. The first-order chi connectivity index (χ1) is 8.56. The lowest BCUT2D eigenvalue weighted by atomic mass is 10.1. The Labute approximate surface area is 112 Å². The first-order valence-electron chi connectivity index (χ1n) is 5.23. The Kier molecular flexibility index (Phi) is 3.59. The van der Waals surface area contributed by atoms with Crippen LogP contribution in [0.2, 0.25) is 10.0 Å². The monoisotopic (exact) mass is 285 g/mol. The molecule has 0 fully saturated rings. The summed E-state index contributed by atoms with van der Waals surface area (Å²) in [7, 11) is 0. The minimum atomic E-state index is -0.745. The van der Waals surface area contributed by atoms with Crippen molar-refractivity contribution in [2.24, 2.45) is 0 Å². The van der Waals surface area contributed by atoms with Gasteiger partial charge in [0.05, 0.1) is 22.2 Å². The van der Waals surface area contributed by atoms with Crippen LogP contribution in [0.3, 0.4) is 0 Å². The molecule has 1 N–H and O–H groups in total. The molecule has 0 aliphatic rings. The first-order valence-corrected chi connectivity index (χ1v) is 5.99. The lowest BCUT2D eigenvalue weighted by molar-refractivity contribution is 0.0524. The predicted molar refractivity (Wildman–Crippen MR) is 70.5 cm³/mol. The number of pyridine rings is 1. The van der Waals surface area contributed by atoms with Crippen LogP contribution in [0.5, 0.6) is 0 Å². The number of rotatable bonds is 2. The van der Waals surface area contributed by atoms with Crippen molar-refractivity contribution in [3.63, 3.8) is 0 Å². The number of hydrogen-bond donors (Lipinski definition) is 1. The van der Waals surface area contributed by atoms with Gasteiger partial charge >= 0.3 is 5.97 Å². The second-order valence-corrected chi connectivity index (χ2v) is 4.31. The number of hydrogen-bond acceptors (Lipinski definition) is 3. The Morgan fingerprint density at radius 1 is 1.39 bits per heavy atom. The maximum Gasteiger partial charge on any atom is 0.345 e. The first kappa shape index (κ1) is 12.9. The van der Waals surface area contributed by atoms with Crippen LogP contribution in [0.1, 0.15) is 17.3 Å². The van der Waals surface area contributed by atoms with Gasteiger partial charge < -0.3 is 9.72 Å². The number of aromatic amines is 1. The number of fused-ring (bicyclic) bond motifs is 1. The molecule has 1 aromatic carbocycles. The Morgan fingerprint density at radius 3 is 2.78 bits per heavy atom. The summed E-state index contributed by atoms with van der Waals surface area (Å²) < 4.78 is 4.79. The van der Waals surface area contributed by atoms with Crippen molar-refractivity contribution in [3.8, 4) is 0 Å². The smallest absolute Gasteiger partial charge is 0.345 e. The summed E-state index contributed by atoms with van der Waals surface area (Å²) in [6, 6.07) is 4.98. The molecule has 0 atom stereocenters. The number of ether oxygens (including phenoxy) is 1. The van der Waals surface area contributed by atoms with Crippen LogP contribution in [0.25, 0.3) is 10.9 Å². The van der Waals surface area contributed by atoms with Gasteiger partial charge in [-0.3, -0.25) is 4.79 Å². The summed E-state index contributed by atoms with van der Waals surface area (Å²) in [6.45, 7) is 1.82. The third kappa shape index (κ3) is 2.09. The van der Waals surface area contributed by atoms with Crippen molar-refractivity contribution in [1.82, 2.24) is 4.98 Å². The van der Waals surface area contributed by atoms with Crippen molar-refractivity contribution in [3.05, 3.63) is 44.2 Å². The largest absolute Gasteiger partial charge is 0.462 e. The van der Waals surface area contributed by atoms with E-state index in [9.17, 15) is 9.59 Å². The van der Waals surface area contributed by atoms with E-state index in [4.69, 9.17) is 27.9 Å². The molecular weight excluding hydrogens is 277 g/mol. The zero-order valence-corrected chi connectivity index (χ0v) is 10.9. The maximum absolute atomic E-state index is 11.8. The number of aromatic nitrogens is 1. The van der Waals surface area contributed by atoms with Crippen LogP contribution >= 0.6 is 23.2 Å². The van der Waals surface area contributed by atoms with Crippen molar-refractivity contribution < 1.29 is 9.53 Å². The van der Waals surface area contributed by atoms with Crippen LogP contribution < -0.4 is 5.56 Å².